The number of ketones is 1. The molecular formula is C11H15N5O4. The largest absolute Gasteiger partial charge is 0.368 e. The maximum Gasteiger partial charge on any atom is 0.284 e. The molecule has 9 heteroatoms. The summed E-state index contributed by atoms with van der Waals surface area (Å²) >= 11 is 0. The maximum absolute atomic E-state index is 11.8. The number of nitrogens with zero attached hydrogens (tertiary/aromatic N) is 2. The molecule has 1 rings (SSSR count). The van der Waals surface area contributed by atoms with Gasteiger partial charge in [0.05, 0.1) is 0 Å². The van der Waals surface area contributed by atoms with Crippen LogP contribution in [0.1, 0.15) is 23.3 Å². The normalized spacial score (nSPS) is 11.7. The molecule has 3 amide bonds. The number of hydrogen-bond acceptors (Lipinski definition) is 5. The van der Waals surface area contributed by atoms with Gasteiger partial charge in [-0.2, -0.15) is 5.10 Å². The van der Waals surface area contributed by atoms with Gasteiger partial charge in [0.2, 0.25) is 11.7 Å². The zero-order valence-corrected chi connectivity index (χ0v) is 10.8. The first kappa shape index (κ1) is 15.3. The Morgan fingerprint density at radius 2 is 2.00 bits per heavy atom. The Bertz CT molecular complexity index is 551. The summed E-state index contributed by atoms with van der Waals surface area (Å²) in [5.41, 5.74) is 10.0. The van der Waals surface area contributed by atoms with Gasteiger partial charge in [-0.05, 0) is 12.5 Å². The van der Waals surface area contributed by atoms with Crippen LogP contribution in [0, 0.1) is 0 Å². The molecule has 1 heterocycles. The number of aromatic nitrogens is 2. The first-order valence-electron chi connectivity index (χ1n) is 5.73. The average Bonchev–Trinajstić information content (AvgIpc) is 2.79. The lowest BCUT2D eigenvalue weighted by molar-refractivity contribution is -0.136. The molecule has 9 nitrogen and oxygen atoms in total. The van der Waals surface area contributed by atoms with Crippen LogP contribution in [0.5, 0.6) is 0 Å². The molecule has 108 valence electrons. The molecule has 0 fully saturated rings. The van der Waals surface area contributed by atoms with Gasteiger partial charge in [0.1, 0.15) is 11.7 Å². The van der Waals surface area contributed by atoms with E-state index >= 15 is 0 Å². The Morgan fingerprint density at radius 3 is 2.45 bits per heavy atom. The molecule has 0 radical (unpaired) electrons. The summed E-state index contributed by atoms with van der Waals surface area (Å²) in [6, 6.07) is 0.384. The molecular weight excluding hydrogens is 266 g/mol. The summed E-state index contributed by atoms with van der Waals surface area (Å²) in [4.78, 5) is 44.6. The van der Waals surface area contributed by atoms with E-state index in [0.717, 1.165) is 0 Å². The highest BCUT2D eigenvalue weighted by Gasteiger charge is 2.22. The van der Waals surface area contributed by atoms with E-state index in [1.807, 2.05) is 0 Å². The van der Waals surface area contributed by atoms with Crippen LogP contribution in [0.25, 0.3) is 0 Å². The van der Waals surface area contributed by atoms with Gasteiger partial charge in [-0.1, -0.05) is 0 Å². The number of aryl methyl sites for hydroxylation is 1. The molecule has 1 aromatic rings. The Labute approximate surface area is 114 Å². The van der Waals surface area contributed by atoms with E-state index in [4.69, 9.17) is 11.5 Å². The van der Waals surface area contributed by atoms with Gasteiger partial charge >= 0.3 is 0 Å². The van der Waals surface area contributed by atoms with Crippen LogP contribution >= 0.6 is 0 Å². The van der Waals surface area contributed by atoms with Crippen molar-refractivity contribution < 1.29 is 19.2 Å². The zero-order valence-electron chi connectivity index (χ0n) is 10.8. The second kappa shape index (κ2) is 6.45. The van der Waals surface area contributed by atoms with Crippen LogP contribution in [-0.4, -0.2) is 39.3 Å². The number of carbonyl (C=O) groups excluding carboxylic acids is 4. The Kier molecular flexibility index (Phi) is 4.95. The van der Waals surface area contributed by atoms with Crippen LogP contribution < -0.4 is 16.8 Å². The minimum absolute atomic E-state index is 0.102. The van der Waals surface area contributed by atoms with Crippen molar-refractivity contribution in [2.45, 2.75) is 18.9 Å². The number of primary amides is 2. The molecule has 0 aliphatic heterocycles. The topological polar surface area (TPSA) is 150 Å². The van der Waals surface area contributed by atoms with Gasteiger partial charge in [0.25, 0.3) is 11.8 Å². The summed E-state index contributed by atoms with van der Waals surface area (Å²) in [5.74, 6) is -3.33. The third-order valence-corrected chi connectivity index (χ3v) is 2.53. The molecule has 0 bridgehead atoms. The number of nitrogens with one attached hydrogen (secondary N) is 1. The lowest BCUT2D eigenvalue weighted by atomic mass is 10.1. The van der Waals surface area contributed by atoms with Crippen molar-refractivity contribution in [1.82, 2.24) is 15.1 Å². The van der Waals surface area contributed by atoms with Crippen molar-refractivity contribution >= 4 is 23.5 Å². The highest BCUT2D eigenvalue weighted by Crippen LogP contribution is 2.01. The van der Waals surface area contributed by atoms with Crippen LogP contribution in [0.3, 0.4) is 0 Å². The van der Waals surface area contributed by atoms with E-state index in [2.05, 4.69) is 10.4 Å². The van der Waals surface area contributed by atoms with Gasteiger partial charge in [-0.15, -0.1) is 0 Å². The molecule has 0 saturated carbocycles. The van der Waals surface area contributed by atoms with Crippen LogP contribution in [0.2, 0.25) is 0 Å². The quantitative estimate of drug-likeness (QED) is 0.486. The minimum Gasteiger partial charge on any atom is -0.368 e. The molecule has 1 unspecified atom stereocenters. The van der Waals surface area contributed by atoms with Gasteiger partial charge in [-0.3, -0.25) is 23.9 Å². The molecule has 1 aromatic heterocycles. The second-order valence-electron chi connectivity index (χ2n) is 4.13. The average molecular weight is 281 g/mol. The second-order valence-corrected chi connectivity index (χ2v) is 4.13. The van der Waals surface area contributed by atoms with Gasteiger partial charge in [0, 0.05) is 19.7 Å². The van der Waals surface area contributed by atoms with Crippen molar-refractivity contribution in [2.75, 3.05) is 0 Å². The maximum atomic E-state index is 11.8. The number of hydrogen-bond donors (Lipinski definition) is 3. The third-order valence-electron chi connectivity index (χ3n) is 2.53. The Balaban J connectivity index is 2.63. The first-order chi connectivity index (χ1) is 9.31. The lowest BCUT2D eigenvalue weighted by Gasteiger charge is -2.13. The SMILES string of the molecule is Cn1ccc(C(=O)NC(CCC(=O)C(N)=O)C(N)=O)n1. The number of nitrogens with two attached hydrogens (primary N) is 2. The molecule has 0 spiro atoms. The molecule has 0 aromatic carbocycles. The lowest BCUT2D eigenvalue weighted by Crippen LogP contribution is -2.45. The summed E-state index contributed by atoms with van der Waals surface area (Å²) < 4.78 is 1.42. The fourth-order valence-electron chi connectivity index (χ4n) is 1.45. The van der Waals surface area contributed by atoms with Crippen molar-refractivity contribution in [1.29, 1.82) is 0 Å². The summed E-state index contributed by atoms with van der Waals surface area (Å²) in [6.07, 6.45) is 1.19. The summed E-state index contributed by atoms with van der Waals surface area (Å²) in [6.45, 7) is 0. The summed E-state index contributed by atoms with van der Waals surface area (Å²) in [5, 5.41) is 6.20. The number of rotatable bonds is 7. The minimum atomic E-state index is -1.09. The van der Waals surface area contributed by atoms with E-state index in [9.17, 15) is 19.2 Å². The first-order valence-corrected chi connectivity index (χ1v) is 5.73. The van der Waals surface area contributed by atoms with Crippen LogP contribution in [-0.2, 0) is 21.4 Å². The van der Waals surface area contributed by atoms with Crippen molar-refractivity contribution in [2.24, 2.45) is 18.5 Å². The fraction of sp³-hybridized carbons (Fsp3) is 0.364. The summed E-state index contributed by atoms with van der Waals surface area (Å²) in [7, 11) is 1.63. The Hall–Kier alpha value is -2.71. The standard InChI is InChI=1S/C11H15N5O4/c1-16-5-4-7(15-16)11(20)14-6(9(12)18)2-3-8(17)10(13)19/h4-6H,2-3H2,1H3,(H2,12,18)(H2,13,19)(H,14,20). The zero-order chi connectivity index (χ0) is 15.3. The predicted molar refractivity (Wildman–Crippen MR) is 67.1 cm³/mol. The van der Waals surface area contributed by atoms with Crippen molar-refractivity contribution in [3.63, 3.8) is 0 Å². The van der Waals surface area contributed by atoms with Crippen LogP contribution in [0.15, 0.2) is 12.3 Å². The van der Waals surface area contributed by atoms with E-state index in [0.29, 0.717) is 0 Å². The van der Waals surface area contributed by atoms with E-state index in [1.54, 1.807) is 13.2 Å². The van der Waals surface area contributed by atoms with Crippen molar-refractivity contribution in [3.05, 3.63) is 18.0 Å². The number of amides is 3. The number of carbonyl (C=O) groups is 4. The number of Topliss-reactive ketones (excluding diaryl/α,β-unsaturated/α-hetero) is 1. The third kappa shape index (κ3) is 4.19. The molecule has 5 N–H and O–H groups in total. The molecule has 0 aliphatic rings. The van der Waals surface area contributed by atoms with Crippen molar-refractivity contribution in [3.8, 4) is 0 Å². The van der Waals surface area contributed by atoms with E-state index in [-0.39, 0.29) is 18.5 Å². The van der Waals surface area contributed by atoms with Gasteiger partial charge in [0.15, 0.2) is 0 Å². The van der Waals surface area contributed by atoms with E-state index < -0.39 is 29.5 Å². The highest BCUT2D eigenvalue weighted by molar-refractivity contribution is 6.35. The molecule has 1 atom stereocenters. The van der Waals surface area contributed by atoms with Gasteiger partial charge < -0.3 is 16.8 Å². The van der Waals surface area contributed by atoms with Gasteiger partial charge in [-0.25, -0.2) is 0 Å². The molecule has 0 aliphatic carbocycles. The Morgan fingerprint density at radius 1 is 1.35 bits per heavy atom. The molecule has 0 saturated heterocycles. The smallest absolute Gasteiger partial charge is 0.284 e. The fourth-order valence-corrected chi connectivity index (χ4v) is 1.45. The van der Waals surface area contributed by atoms with E-state index in [1.165, 1.54) is 10.7 Å². The monoisotopic (exact) mass is 281 g/mol. The van der Waals surface area contributed by atoms with Crippen LogP contribution in [0.4, 0.5) is 0 Å². The molecule has 20 heavy (non-hydrogen) atoms. The highest BCUT2D eigenvalue weighted by atomic mass is 16.2. The predicted octanol–water partition coefficient (Wildman–Crippen LogP) is -2.16.